The van der Waals surface area contributed by atoms with E-state index >= 15 is 0 Å². The SMILES string of the molecule is Cc1cc(C)c(C)c(C(=O)C(Cl)CC(=O)O)c1C. The van der Waals surface area contributed by atoms with Crippen molar-refractivity contribution in [1.29, 1.82) is 0 Å². The van der Waals surface area contributed by atoms with Gasteiger partial charge < -0.3 is 5.11 Å². The summed E-state index contributed by atoms with van der Waals surface area (Å²) in [5.74, 6) is -1.37. The van der Waals surface area contributed by atoms with Crippen LogP contribution in [0, 0.1) is 27.7 Å². The molecule has 0 aromatic heterocycles. The number of Topliss-reactive ketones (excluding diaryl/α,β-unsaturated/α-hetero) is 1. The van der Waals surface area contributed by atoms with E-state index in [1.165, 1.54) is 0 Å². The molecule has 3 nitrogen and oxygen atoms in total. The van der Waals surface area contributed by atoms with Crippen LogP contribution in [0.5, 0.6) is 0 Å². The first kappa shape index (κ1) is 14.7. The Labute approximate surface area is 112 Å². The highest BCUT2D eigenvalue weighted by Crippen LogP contribution is 2.24. The zero-order valence-electron chi connectivity index (χ0n) is 11.0. The summed E-state index contributed by atoms with van der Waals surface area (Å²) < 4.78 is 0. The first-order valence-electron chi connectivity index (χ1n) is 5.73. The Kier molecular flexibility index (Phi) is 4.52. The number of carboxylic acid groups (broad SMARTS) is 1. The molecule has 1 aromatic carbocycles. The summed E-state index contributed by atoms with van der Waals surface area (Å²) in [6.45, 7) is 7.58. The minimum absolute atomic E-state index is 0.305. The lowest BCUT2D eigenvalue weighted by atomic mass is 9.90. The van der Waals surface area contributed by atoms with Crippen LogP contribution in [-0.4, -0.2) is 22.2 Å². The first-order valence-corrected chi connectivity index (χ1v) is 6.16. The highest BCUT2D eigenvalue weighted by molar-refractivity contribution is 6.35. The molecule has 1 atom stereocenters. The van der Waals surface area contributed by atoms with Gasteiger partial charge in [-0.2, -0.15) is 0 Å². The molecule has 0 amide bonds. The molecule has 18 heavy (non-hydrogen) atoms. The van der Waals surface area contributed by atoms with Gasteiger partial charge >= 0.3 is 5.97 Å². The molecule has 0 aliphatic heterocycles. The predicted octanol–water partition coefficient (Wildman–Crippen LogP) is 3.19. The molecule has 4 heteroatoms. The number of aryl methyl sites for hydroxylation is 2. The van der Waals surface area contributed by atoms with E-state index in [-0.39, 0.29) is 12.2 Å². The molecule has 0 spiro atoms. The van der Waals surface area contributed by atoms with Crippen molar-refractivity contribution in [2.24, 2.45) is 0 Å². The summed E-state index contributed by atoms with van der Waals surface area (Å²) in [4.78, 5) is 22.8. The first-order chi connectivity index (χ1) is 8.25. The number of carbonyl (C=O) groups excluding carboxylic acids is 1. The van der Waals surface area contributed by atoms with Gasteiger partial charge in [-0.05, 0) is 49.9 Å². The second kappa shape index (κ2) is 5.53. The van der Waals surface area contributed by atoms with E-state index in [0.717, 1.165) is 22.3 Å². The normalized spacial score (nSPS) is 12.3. The number of ketones is 1. The molecular formula is C14H17ClO3. The van der Waals surface area contributed by atoms with Gasteiger partial charge in [-0.25, -0.2) is 0 Å². The Morgan fingerprint density at radius 1 is 1.17 bits per heavy atom. The summed E-state index contributed by atoms with van der Waals surface area (Å²) in [5.41, 5.74) is 4.34. The highest BCUT2D eigenvalue weighted by atomic mass is 35.5. The predicted molar refractivity (Wildman–Crippen MR) is 71.6 cm³/mol. The molecule has 1 rings (SSSR count). The number of carbonyl (C=O) groups is 2. The maximum absolute atomic E-state index is 12.2. The molecule has 0 saturated heterocycles. The maximum atomic E-state index is 12.2. The molecule has 0 fully saturated rings. The van der Waals surface area contributed by atoms with Crippen molar-refractivity contribution in [3.63, 3.8) is 0 Å². The van der Waals surface area contributed by atoms with Crippen LogP contribution in [0.25, 0.3) is 0 Å². The van der Waals surface area contributed by atoms with E-state index in [9.17, 15) is 9.59 Å². The molecule has 0 aliphatic rings. The van der Waals surface area contributed by atoms with Crippen molar-refractivity contribution in [3.8, 4) is 0 Å². The van der Waals surface area contributed by atoms with Gasteiger partial charge in [-0.3, -0.25) is 9.59 Å². The number of hydrogen-bond acceptors (Lipinski definition) is 2. The Morgan fingerprint density at radius 3 is 2.00 bits per heavy atom. The van der Waals surface area contributed by atoms with Gasteiger partial charge in [0.15, 0.2) is 5.78 Å². The second-order valence-electron chi connectivity index (χ2n) is 4.57. The van der Waals surface area contributed by atoms with Gasteiger partial charge in [-0.1, -0.05) is 6.07 Å². The van der Waals surface area contributed by atoms with Gasteiger partial charge in [0, 0.05) is 5.56 Å². The van der Waals surface area contributed by atoms with Crippen LogP contribution in [0.1, 0.15) is 39.0 Å². The van der Waals surface area contributed by atoms with E-state index in [2.05, 4.69) is 0 Å². The molecule has 0 radical (unpaired) electrons. The lowest BCUT2D eigenvalue weighted by Gasteiger charge is -2.16. The zero-order chi connectivity index (χ0) is 14.0. The minimum Gasteiger partial charge on any atom is -0.481 e. The molecule has 0 saturated carbocycles. The van der Waals surface area contributed by atoms with Crippen molar-refractivity contribution >= 4 is 23.4 Å². The number of aliphatic carboxylic acids is 1. The topological polar surface area (TPSA) is 54.4 Å². The number of halogens is 1. The second-order valence-corrected chi connectivity index (χ2v) is 5.09. The van der Waals surface area contributed by atoms with Gasteiger partial charge in [0.1, 0.15) is 5.38 Å². The van der Waals surface area contributed by atoms with Crippen LogP contribution in [-0.2, 0) is 4.79 Å². The van der Waals surface area contributed by atoms with Crippen LogP contribution >= 0.6 is 11.6 Å². The van der Waals surface area contributed by atoms with Gasteiger partial charge in [0.05, 0.1) is 6.42 Å². The summed E-state index contributed by atoms with van der Waals surface area (Å²) in [6.07, 6.45) is -0.355. The average molecular weight is 269 g/mol. The van der Waals surface area contributed by atoms with Crippen LogP contribution in [0.15, 0.2) is 6.07 Å². The van der Waals surface area contributed by atoms with Crippen molar-refractivity contribution in [2.45, 2.75) is 39.5 Å². The fraction of sp³-hybridized carbons (Fsp3) is 0.429. The standard InChI is InChI=1S/C14H17ClO3/c1-7-5-8(2)10(4)13(9(7)3)14(18)11(15)6-12(16)17/h5,11H,6H2,1-4H3,(H,16,17). The van der Waals surface area contributed by atoms with Crippen LogP contribution in [0.4, 0.5) is 0 Å². The largest absolute Gasteiger partial charge is 0.481 e. The number of rotatable bonds is 4. The highest BCUT2D eigenvalue weighted by Gasteiger charge is 2.24. The van der Waals surface area contributed by atoms with Crippen molar-refractivity contribution in [3.05, 3.63) is 33.9 Å². The fourth-order valence-electron chi connectivity index (χ4n) is 1.99. The number of hydrogen-bond donors (Lipinski definition) is 1. The van der Waals surface area contributed by atoms with Gasteiger partial charge in [0.2, 0.25) is 0 Å². The lowest BCUT2D eigenvalue weighted by Crippen LogP contribution is -2.21. The summed E-state index contributed by atoms with van der Waals surface area (Å²) in [7, 11) is 0. The molecule has 0 heterocycles. The Morgan fingerprint density at radius 2 is 1.61 bits per heavy atom. The molecular weight excluding hydrogens is 252 g/mol. The quantitative estimate of drug-likeness (QED) is 0.674. The third kappa shape index (κ3) is 2.91. The number of carboxylic acids is 1. The van der Waals surface area contributed by atoms with Crippen LogP contribution in [0.2, 0.25) is 0 Å². The fourth-order valence-corrected chi connectivity index (χ4v) is 2.23. The Bertz CT molecular complexity index is 480. The molecule has 1 N–H and O–H groups in total. The van der Waals surface area contributed by atoms with E-state index in [0.29, 0.717) is 5.56 Å². The van der Waals surface area contributed by atoms with Crippen LogP contribution < -0.4 is 0 Å². The Hall–Kier alpha value is -1.35. The van der Waals surface area contributed by atoms with Crippen molar-refractivity contribution in [2.75, 3.05) is 0 Å². The average Bonchev–Trinajstić information content (AvgIpc) is 2.25. The number of benzene rings is 1. The van der Waals surface area contributed by atoms with Crippen molar-refractivity contribution < 1.29 is 14.7 Å². The monoisotopic (exact) mass is 268 g/mol. The van der Waals surface area contributed by atoms with Crippen molar-refractivity contribution in [1.82, 2.24) is 0 Å². The molecule has 0 aliphatic carbocycles. The molecule has 1 aromatic rings. The number of alkyl halides is 1. The molecule has 1 unspecified atom stereocenters. The molecule has 98 valence electrons. The van der Waals surface area contributed by atoms with E-state index in [1.807, 2.05) is 33.8 Å². The lowest BCUT2D eigenvalue weighted by molar-refractivity contribution is -0.136. The third-order valence-electron chi connectivity index (χ3n) is 3.25. The maximum Gasteiger partial charge on any atom is 0.305 e. The zero-order valence-corrected chi connectivity index (χ0v) is 11.8. The van der Waals surface area contributed by atoms with E-state index in [4.69, 9.17) is 16.7 Å². The van der Waals surface area contributed by atoms with Gasteiger partial charge in [0.25, 0.3) is 0 Å². The smallest absolute Gasteiger partial charge is 0.305 e. The minimum atomic E-state index is -1.07. The summed E-state index contributed by atoms with van der Waals surface area (Å²) >= 11 is 5.88. The summed E-state index contributed by atoms with van der Waals surface area (Å²) in [5, 5.41) is 7.68. The third-order valence-corrected chi connectivity index (χ3v) is 3.60. The Balaban J connectivity index is 3.24. The van der Waals surface area contributed by atoms with E-state index in [1.54, 1.807) is 0 Å². The summed E-state index contributed by atoms with van der Waals surface area (Å²) in [6, 6.07) is 2.02. The van der Waals surface area contributed by atoms with Crippen LogP contribution in [0.3, 0.4) is 0 Å². The van der Waals surface area contributed by atoms with Gasteiger partial charge in [-0.15, -0.1) is 11.6 Å². The van der Waals surface area contributed by atoms with E-state index < -0.39 is 11.3 Å². The molecule has 0 bridgehead atoms.